The molecule has 0 atom stereocenters. The molecule has 0 spiro atoms. The zero-order chi connectivity index (χ0) is 13.9. The van der Waals surface area contributed by atoms with E-state index in [2.05, 4.69) is 15.1 Å². The van der Waals surface area contributed by atoms with E-state index in [-0.39, 0.29) is 5.91 Å². The summed E-state index contributed by atoms with van der Waals surface area (Å²) in [6.45, 7) is 4.22. The van der Waals surface area contributed by atoms with Crippen LogP contribution < -0.4 is 5.73 Å². The van der Waals surface area contributed by atoms with Gasteiger partial charge in [0.05, 0.1) is 6.42 Å². The van der Waals surface area contributed by atoms with E-state index >= 15 is 0 Å². The summed E-state index contributed by atoms with van der Waals surface area (Å²) < 4.78 is 0. The summed E-state index contributed by atoms with van der Waals surface area (Å²) in [5.41, 5.74) is 5.54. The van der Waals surface area contributed by atoms with Gasteiger partial charge in [0.25, 0.3) is 0 Å². The Bertz CT molecular complexity index is 463. The van der Waals surface area contributed by atoms with Gasteiger partial charge in [0, 0.05) is 19.1 Å². The fourth-order valence-corrected chi connectivity index (χ4v) is 3.77. The van der Waals surface area contributed by atoms with Crippen LogP contribution >= 0.6 is 11.3 Å². The number of amides is 1. The van der Waals surface area contributed by atoms with Crippen LogP contribution in [0.3, 0.4) is 0 Å². The van der Waals surface area contributed by atoms with Gasteiger partial charge in [-0.25, -0.2) is 0 Å². The average Bonchev–Trinajstić information content (AvgIpc) is 3.11. The number of carbonyl (C=O) groups excluding carboxylic acids is 1. The standard InChI is InChI=1S/C13H21N5OS/c14-13-16-15-11(20-13)9-12(19)18-7-3-10(4-8-18)17-5-1-2-6-17/h10H,1-9H2,(H2,14,16). The highest BCUT2D eigenvalue weighted by Gasteiger charge is 2.28. The molecule has 2 aliphatic heterocycles. The van der Waals surface area contributed by atoms with Crippen LogP contribution in [0, 0.1) is 0 Å². The van der Waals surface area contributed by atoms with E-state index in [4.69, 9.17) is 5.73 Å². The lowest BCUT2D eigenvalue weighted by molar-refractivity contribution is -0.132. The molecule has 1 amide bonds. The van der Waals surface area contributed by atoms with Crippen molar-refractivity contribution in [2.45, 2.75) is 38.1 Å². The van der Waals surface area contributed by atoms with Gasteiger partial charge in [-0.3, -0.25) is 4.79 Å². The minimum Gasteiger partial charge on any atom is -0.374 e. The number of aromatic nitrogens is 2. The molecule has 2 saturated heterocycles. The molecule has 3 heterocycles. The van der Waals surface area contributed by atoms with Crippen molar-refractivity contribution in [3.8, 4) is 0 Å². The number of likely N-dealkylation sites (tertiary alicyclic amines) is 2. The van der Waals surface area contributed by atoms with Crippen molar-refractivity contribution in [2.75, 3.05) is 31.9 Å². The zero-order valence-corrected chi connectivity index (χ0v) is 12.4. The van der Waals surface area contributed by atoms with Crippen LogP contribution in [0.15, 0.2) is 0 Å². The Kier molecular flexibility index (Phi) is 4.16. The second-order valence-electron chi connectivity index (χ2n) is 5.57. The molecule has 3 rings (SSSR count). The van der Waals surface area contributed by atoms with Crippen LogP contribution in [-0.4, -0.2) is 58.1 Å². The summed E-state index contributed by atoms with van der Waals surface area (Å²) in [4.78, 5) is 16.8. The van der Waals surface area contributed by atoms with Gasteiger partial charge in [-0.2, -0.15) is 0 Å². The number of hydrogen-bond acceptors (Lipinski definition) is 6. The molecule has 1 aromatic rings. The van der Waals surface area contributed by atoms with E-state index in [9.17, 15) is 4.79 Å². The summed E-state index contributed by atoms with van der Waals surface area (Å²) in [6.07, 6.45) is 5.20. The number of hydrogen-bond donors (Lipinski definition) is 1. The van der Waals surface area contributed by atoms with Gasteiger partial charge in [0.15, 0.2) is 0 Å². The number of carbonyl (C=O) groups is 1. The molecular formula is C13H21N5OS. The molecule has 0 bridgehead atoms. The fourth-order valence-electron chi connectivity index (χ4n) is 3.17. The Morgan fingerprint density at radius 3 is 2.50 bits per heavy atom. The highest BCUT2D eigenvalue weighted by Crippen LogP contribution is 2.22. The van der Waals surface area contributed by atoms with E-state index in [1.54, 1.807) is 0 Å². The lowest BCUT2D eigenvalue weighted by Crippen LogP contribution is -2.46. The van der Waals surface area contributed by atoms with Crippen LogP contribution in [0.1, 0.15) is 30.7 Å². The first-order valence-corrected chi connectivity index (χ1v) is 8.14. The number of rotatable bonds is 3. The summed E-state index contributed by atoms with van der Waals surface area (Å²) in [6, 6.07) is 0.679. The maximum absolute atomic E-state index is 12.2. The smallest absolute Gasteiger partial charge is 0.229 e. The molecule has 1 aromatic heterocycles. The minimum atomic E-state index is 0.154. The van der Waals surface area contributed by atoms with Crippen molar-refractivity contribution in [3.63, 3.8) is 0 Å². The van der Waals surface area contributed by atoms with E-state index in [1.165, 1.54) is 37.3 Å². The van der Waals surface area contributed by atoms with Gasteiger partial charge < -0.3 is 15.5 Å². The number of nitrogens with two attached hydrogens (primary N) is 1. The normalized spacial score (nSPS) is 21.5. The Morgan fingerprint density at radius 1 is 1.20 bits per heavy atom. The first-order valence-electron chi connectivity index (χ1n) is 7.32. The van der Waals surface area contributed by atoms with Gasteiger partial charge in [0.1, 0.15) is 5.01 Å². The number of nitrogens with zero attached hydrogens (tertiary/aromatic N) is 4. The van der Waals surface area contributed by atoms with Crippen molar-refractivity contribution in [3.05, 3.63) is 5.01 Å². The van der Waals surface area contributed by atoms with Gasteiger partial charge in [-0.05, 0) is 38.8 Å². The third kappa shape index (κ3) is 3.09. The quantitative estimate of drug-likeness (QED) is 0.890. The molecule has 20 heavy (non-hydrogen) atoms. The predicted molar refractivity (Wildman–Crippen MR) is 78.4 cm³/mol. The molecule has 0 radical (unpaired) electrons. The van der Waals surface area contributed by atoms with Crippen LogP contribution in [0.4, 0.5) is 5.13 Å². The van der Waals surface area contributed by atoms with Crippen molar-refractivity contribution >= 4 is 22.4 Å². The Hall–Kier alpha value is -1.21. The molecule has 6 nitrogen and oxygen atoms in total. The van der Waals surface area contributed by atoms with Gasteiger partial charge in [-0.15, -0.1) is 10.2 Å². The minimum absolute atomic E-state index is 0.154. The molecule has 2 N–H and O–H groups in total. The molecule has 7 heteroatoms. The largest absolute Gasteiger partial charge is 0.374 e. The molecular weight excluding hydrogens is 274 g/mol. The van der Waals surface area contributed by atoms with E-state index in [1.807, 2.05) is 4.90 Å². The lowest BCUT2D eigenvalue weighted by Gasteiger charge is -2.36. The van der Waals surface area contributed by atoms with Gasteiger partial charge in [0.2, 0.25) is 11.0 Å². The summed E-state index contributed by atoms with van der Waals surface area (Å²) in [5.74, 6) is 0.154. The first kappa shape index (κ1) is 13.8. The number of anilines is 1. The second-order valence-corrected chi connectivity index (χ2v) is 6.66. The summed E-state index contributed by atoms with van der Waals surface area (Å²) in [5, 5.41) is 8.81. The molecule has 0 aromatic carbocycles. The first-order chi connectivity index (χ1) is 9.72. The Labute approximate surface area is 123 Å². The van der Waals surface area contributed by atoms with E-state index < -0.39 is 0 Å². The zero-order valence-electron chi connectivity index (χ0n) is 11.6. The Balaban J connectivity index is 1.48. The molecule has 0 unspecified atom stereocenters. The molecule has 0 aliphatic carbocycles. The van der Waals surface area contributed by atoms with Crippen molar-refractivity contribution < 1.29 is 4.79 Å². The van der Waals surface area contributed by atoms with Crippen LogP contribution in [0.5, 0.6) is 0 Å². The van der Waals surface area contributed by atoms with Crippen LogP contribution in [0.2, 0.25) is 0 Å². The molecule has 0 saturated carbocycles. The molecule has 2 fully saturated rings. The van der Waals surface area contributed by atoms with Crippen LogP contribution in [0.25, 0.3) is 0 Å². The predicted octanol–water partition coefficient (Wildman–Crippen LogP) is 0.750. The number of piperidine rings is 1. The SMILES string of the molecule is Nc1nnc(CC(=O)N2CCC(N3CCCC3)CC2)s1. The van der Waals surface area contributed by atoms with Crippen molar-refractivity contribution in [1.82, 2.24) is 20.0 Å². The topological polar surface area (TPSA) is 75.3 Å². The second kappa shape index (κ2) is 6.05. The third-order valence-corrected chi connectivity index (χ3v) is 5.01. The van der Waals surface area contributed by atoms with Crippen LogP contribution in [-0.2, 0) is 11.2 Å². The van der Waals surface area contributed by atoms with Gasteiger partial charge in [-0.1, -0.05) is 11.3 Å². The summed E-state index contributed by atoms with van der Waals surface area (Å²) >= 11 is 1.30. The Morgan fingerprint density at radius 2 is 1.90 bits per heavy atom. The summed E-state index contributed by atoms with van der Waals surface area (Å²) in [7, 11) is 0. The lowest BCUT2D eigenvalue weighted by atomic mass is 10.0. The third-order valence-electron chi connectivity index (χ3n) is 4.26. The van der Waals surface area contributed by atoms with Crippen molar-refractivity contribution in [2.24, 2.45) is 0 Å². The maximum atomic E-state index is 12.2. The molecule has 2 aliphatic rings. The van der Waals surface area contributed by atoms with E-state index in [0.29, 0.717) is 22.6 Å². The monoisotopic (exact) mass is 295 g/mol. The van der Waals surface area contributed by atoms with Gasteiger partial charge >= 0.3 is 0 Å². The highest BCUT2D eigenvalue weighted by atomic mass is 32.1. The highest BCUT2D eigenvalue weighted by molar-refractivity contribution is 7.15. The molecule has 110 valence electrons. The average molecular weight is 295 g/mol. The maximum Gasteiger partial charge on any atom is 0.229 e. The van der Waals surface area contributed by atoms with Crippen molar-refractivity contribution in [1.29, 1.82) is 0 Å². The number of nitrogen functional groups attached to an aromatic ring is 1. The van der Waals surface area contributed by atoms with E-state index in [0.717, 1.165) is 25.9 Å². The fraction of sp³-hybridized carbons (Fsp3) is 0.769.